The maximum absolute atomic E-state index is 14.6. The van der Waals surface area contributed by atoms with Gasteiger partial charge < -0.3 is 98.4 Å². The number of carboxylic acid groups (broad SMARTS) is 1. The zero-order valence-electron chi connectivity index (χ0n) is 49.4. The fraction of sp³-hybridized carbons (Fsp3) is 0.648. The van der Waals surface area contributed by atoms with Crippen LogP contribution in [0.1, 0.15) is 117 Å². The Morgan fingerprint density at radius 1 is 0.588 bits per heavy atom. The Labute approximate surface area is 496 Å². The minimum atomic E-state index is -1.41. The molecule has 476 valence electrons. The number of hydrogen-bond donors (Lipinski definition) is 17. The Kier molecular flexibility index (Phi) is 33.6. The lowest BCUT2D eigenvalue weighted by atomic mass is 9.96. The topological polar surface area (TPSA) is 536 Å². The molecule has 1 saturated heterocycles. The number of nitrogens with two attached hydrogens (primary N) is 8. The highest BCUT2D eigenvalue weighted by atomic mass is 16.4. The van der Waals surface area contributed by atoms with E-state index in [-0.39, 0.29) is 121 Å². The van der Waals surface area contributed by atoms with Crippen molar-refractivity contribution in [2.24, 2.45) is 72.7 Å². The van der Waals surface area contributed by atoms with Crippen molar-refractivity contribution >= 4 is 77.0 Å². The molecule has 85 heavy (non-hydrogen) atoms. The molecule has 25 N–H and O–H groups in total. The molecule has 0 aliphatic carbocycles. The van der Waals surface area contributed by atoms with Crippen molar-refractivity contribution in [2.45, 2.75) is 166 Å². The van der Waals surface area contributed by atoms with Crippen LogP contribution in [0.2, 0.25) is 0 Å². The second-order valence-corrected chi connectivity index (χ2v) is 21.3. The van der Waals surface area contributed by atoms with Crippen LogP contribution in [0.4, 0.5) is 0 Å². The molecule has 0 aromatic heterocycles. The number of aliphatic imine (C=N–C) groups is 3. The molecule has 31 nitrogen and oxygen atoms in total. The predicted molar refractivity (Wildman–Crippen MR) is 320 cm³/mol. The molecule has 9 atom stereocenters. The van der Waals surface area contributed by atoms with Crippen molar-refractivity contribution in [3.05, 3.63) is 35.9 Å². The molecule has 1 fully saturated rings. The molecule has 1 aliphatic heterocycles. The summed E-state index contributed by atoms with van der Waals surface area (Å²) in [6.45, 7) is 6.78. The number of amides is 9. The summed E-state index contributed by atoms with van der Waals surface area (Å²) in [6, 6.07) is -1.49. The summed E-state index contributed by atoms with van der Waals surface area (Å²) in [5.41, 5.74) is 45.1. The standard InChI is InChI=1S/C54H94N20O11/c1-5-32(4)43(49(82)70-36(20-13-25-65-54(61)62)50(83)74-26-14-21-40(74)48(81)71-37(51(84)85)17-9-10-22-55)73-45(78)35(19-12-24-64-53(59)60)68-44(77)34(18-11-23-63-52(57)58)69-46(79)38(27-31(2)3)72-47(80)39(28-33-15-7-6-8-16-33)67-42(76)30-66-41(75)29-56/h6-8,15-16,31-32,34-40,43H,5,9-14,17-30,55-56H2,1-4H3,(H,66,75)(H,67,76)(H,68,77)(H,69,79)(H,70,82)(H,71,81)(H,72,80)(H,73,78)(H,84,85)(H4,57,58,63)(H4,59,60,64)(H4,61,62,65)/t32-,34-,35-,36-,37-,38-,39-,40-,43-/m0/s1. The molecule has 0 radical (unpaired) electrons. The predicted octanol–water partition coefficient (Wildman–Crippen LogP) is -4.84. The molecular weight excluding hydrogens is 1100 g/mol. The number of likely N-dealkylation sites (tertiary alicyclic amines) is 1. The van der Waals surface area contributed by atoms with E-state index < -0.39 is 120 Å². The van der Waals surface area contributed by atoms with Crippen LogP contribution in [0.15, 0.2) is 45.3 Å². The van der Waals surface area contributed by atoms with Crippen molar-refractivity contribution in [1.82, 2.24) is 47.4 Å². The van der Waals surface area contributed by atoms with Gasteiger partial charge in [0.1, 0.15) is 48.3 Å². The third-order valence-electron chi connectivity index (χ3n) is 13.8. The van der Waals surface area contributed by atoms with Gasteiger partial charge in [-0.3, -0.25) is 58.1 Å². The molecule has 2 rings (SSSR count). The SMILES string of the molecule is CC[C@H](C)[C@H](NC(=O)[C@H](CCCN=C(N)N)NC(=O)[C@H](CCCN=C(N)N)NC(=O)[C@H](CC(C)C)NC(=O)[C@H](Cc1ccccc1)NC(=O)CNC(=O)CN)C(=O)N[C@@H](CCCN=C(N)N)C(=O)N1CCC[C@H]1C(=O)N[C@@H](CCCCN)C(=O)O. The van der Waals surface area contributed by atoms with Crippen LogP contribution in [0.25, 0.3) is 0 Å². The van der Waals surface area contributed by atoms with Gasteiger partial charge in [0.15, 0.2) is 17.9 Å². The molecule has 0 spiro atoms. The van der Waals surface area contributed by atoms with Gasteiger partial charge >= 0.3 is 5.97 Å². The summed E-state index contributed by atoms with van der Waals surface area (Å²) in [5, 5.41) is 31.1. The monoisotopic (exact) mass is 1200 g/mol. The molecule has 1 heterocycles. The Bertz CT molecular complexity index is 2440. The van der Waals surface area contributed by atoms with Gasteiger partial charge in [-0.2, -0.15) is 0 Å². The van der Waals surface area contributed by atoms with Gasteiger partial charge in [-0.05, 0) is 101 Å². The van der Waals surface area contributed by atoms with Crippen molar-refractivity contribution in [3.8, 4) is 0 Å². The highest BCUT2D eigenvalue weighted by Gasteiger charge is 2.41. The maximum atomic E-state index is 14.6. The number of carbonyl (C=O) groups excluding carboxylic acids is 9. The van der Waals surface area contributed by atoms with Crippen molar-refractivity contribution in [1.29, 1.82) is 0 Å². The summed E-state index contributed by atoms with van der Waals surface area (Å²) in [6.07, 6.45) is 2.33. The van der Waals surface area contributed by atoms with E-state index >= 15 is 0 Å². The number of nitrogens with one attached hydrogen (secondary N) is 8. The normalized spacial score (nSPS) is 15.6. The highest BCUT2D eigenvalue weighted by molar-refractivity contribution is 5.98. The van der Waals surface area contributed by atoms with E-state index in [0.717, 1.165) is 0 Å². The van der Waals surface area contributed by atoms with E-state index in [1.165, 1.54) is 4.90 Å². The second-order valence-electron chi connectivity index (χ2n) is 21.3. The van der Waals surface area contributed by atoms with E-state index in [9.17, 15) is 53.1 Å². The van der Waals surface area contributed by atoms with Crippen LogP contribution >= 0.6 is 0 Å². The fourth-order valence-corrected chi connectivity index (χ4v) is 9.12. The minimum absolute atomic E-state index is 0.00549. The quantitative estimate of drug-likeness (QED) is 0.0166. The molecule has 0 unspecified atom stereocenters. The van der Waals surface area contributed by atoms with Crippen LogP contribution in [-0.4, -0.2) is 181 Å². The van der Waals surface area contributed by atoms with Gasteiger partial charge in [0, 0.05) is 32.6 Å². The van der Waals surface area contributed by atoms with Gasteiger partial charge in [0.05, 0.1) is 13.1 Å². The van der Waals surface area contributed by atoms with E-state index in [2.05, 4.69) is 57.5 Å². The number of unbranched alkanes of at least 4 members (excludes halogenated alkanes) is 1. The summed E-state index contributed by atoms with van der Waals surface area (Å²) < 4.78 is 0. The summed E-state index contributed by atoms with van der Waals surface area (Å²) in [4.78, 5) is 151. The Morgan fingerprint density at radius 3 is 1.59 bits per heavy atom. The Balaban J connectivity index is 2.56. The zero-order valence-corrected chi connectivity index (χ0v) is 49.4. The number of rotatable bonds is 40. The van der Waals surface area contributed by atoms with E-state index in [4.69, 9.17) is 45.9 Å². The molecule has 0 bridgehead atoms. The molecular formula is C54H94N20O11. The Morgan fingerprint density at radius 2 is 1.08 bits per heavy atom. The first kappa shape index (κ1) is 72.8. The number of hydrogen-bond acceptors (Lipinski definition) is 15. The number of benzene rings is 1. The largest absolute Gasteiger partial charge is 0.480 e. The Hall–Kier alpha value is -8.35. The van der Waals surface area contributed by atoms with Gasteiger partial charge in [-0.15, -0.1) is 0 Å². The maximum Gasteiger partial charge on any atom is 0.326 e. The third-order valence-corrected chi connectivity index (χ3v) is 13.8. The van der Waals surface area contributed by atoms with Gasteiger partial charge in [0.25, 0.3) is 0 Å². The number of guanidine groups is 3. The number of nitrogens with zero attached hydrogens (tertiary/aromatic N) is 4. The van der Waals surface area contributed by atoms with E-state index in [0.29, 0.717) is 37.8 Å². The van der Waals surface area contributed by atoms with E-state index in [1.807, 2.05) is 0 Å². The summed E-state index contributed by atoms with van der Waals surface area (Å²) >= 11 is 0. The minimum Gasteiger partial charge on any atom is -0.480 e. The lowest BCUT2D eigenvalue weighted by Gasteiger charge is -2.32. The summed E-state index contributed by atoms with van der Waals surface area (Å²) in [7, 11) is 0. The first-order chi connectivity index (χ1) is 40.3. The zero-order chi connectivity index (χ0) is 63.6. The van der Waals surface area contributed by atoms with Crippen LogP contribution in [0, 0.1) is 11.8 Å². The number of carboxylic acids is 1. The van der Waals surface area contributed by atoms with Gasteiger partial charge in [0.2, 0.25) is 53.2 Å². The molecule has 1 aliphatic rings. The molecule has 0 saturated carbocycles. The highest BCUT2D eigenvalue weighted by Crippen LogP contribution is 2.21. The third kappa shape index (κ3) is 28.2. The average Bonchev–Trinajstić information content (AvgIpc) is 4.00. The van der Waals surface area contributed by atoms with Crippen molar-refractivity contribution in [2.75, 3.05) is 45.8 Å². The lowest BCUT2D eigenvalue weighted by Crippen LogP contribution is -2.61. The molecule has 1 aromatic rings. The fourth-order valence-electron chi connectivity index (χ4n) is 9.12. The van der Waals surface area contributed by atoms with Crippen LogP contribution in [0.5, 0.6) is 0 Å². The first-order valence-corrected chi connectivity index (χ1v) is 28.8. The van der Waals surface area contributed by atoms with Crippen LogP contribution < -0.4 is 88.4 Å². The smallest absolute Gasteiger partial charge is 0.326 e. The molecule has 1 aromatic carbocycles. The van der Waals surface area contributed by atoms with Crippen LogP contribution in [-0.2, 0) is 54.4 Å². The lowest BCUT2D eigenvalue weighted by molar-refractivity contribution is -0.145. The number of aliphatic carboxylic acids is 1. The van der Waals surface area contributed by atoms with Crippen LogP contribution in [0.3, 0.4) is 0 Å². The van der Waals surface area contributed by atoms with E-state index in [1.54, 1.807) is 58.0 Å². The first-order valence-electron chi connectivity index (χ1n) is 28.8. The van der Waals surface area contributed by atoms with Crippen molar-refractivity contribution < 1.29 is 53.1 Å². The molecule has 9 amide bonds. The number of carbonyl (C=O) groups is 10. The van der Waals surface area contributed by atoms with Gasteiger partial charge in [-0.1, -0.05) is 64.4 Å². The second kappa shape index (κ2) is 39.2. The average molecular weight is 1200 g/mol. The van der Waals surface area contributed by atoms with Gasteiger partial charge in [-0.25, -0.2) is 4.79 Å². The van der Waals surface area contributed by atoms with Crippen molar-refractivity contribution in [3.63, 3.8) is 0 Å². The molecule has 31 heteroatoms. The summed E-state index contributed by atoms with van der Waals surface area (Å²) in [5.74, 6) is -9.36.